The summed E-state index contributed by atoms with van der Waals surface area (Å²) >= 11 is 1.49. The third-order valence-electron chi connectivity index (χ3n) is 3.03. The number of hydrogen-bond acceptors (Lipinski definition) is 5. The number of thiophene rings is 1. The van der Waals surface area contributed by atoms with Crippen molar-refractivity contribution in [3.05, 3.63) is 58.2 Å². The van der Waals surface area contributed by atoms with Gasteiger partial charge < -0.3 is 5.32 Å². The fourth-order valence-corrected chi connectivity index (χ4v) is 2.71. The van der Waals surface area contributed by atoms with Gasteiger partial charge in [-0.1, -0.05) is 6.07 Å². The number of nitrogens with one attached hydrogen (secondary N) is 1. The van der Waals surface area contributed by atoms with Crippen LogP contribution in [0.5, 0.6) is 0 Å². The van der Waals surface area contributed by atoms with Gasteiger partial charge in [-0.15, -0.1) is 11.3 Å². The van der Waals surface area contributed by atoms with Crippen LogP contribution in [0.3, 0.4) is 0 Å². The number of rotatable bonds is 5. The molecule has 6 heteroatoms. The van der Waals surface area contributed by atoms with Gasteiger partial charge in [0.2, 0.25) is 0 Å². The van der Waals surface area contributed by atoms with E-state index in [1.807, 2.05) is 29.8 Å². The maximum atomic E-state index is 12.1. The second kappa shape index (κ2) is 5.94. The third kappa shape index (κ3) is 2.76. The molecule has 3 heterocycles. The van der Waals surface area contributed by atoms with E-state index in [4.69, 9.17) is 0 Å². The van der Waals surface area contributed by atoms with Gasteiger partial charge in [-0.3, -0.25) is 14.3 Å². The van der Waals surface area contributed by atoms with E-state index >= 15 is 0 Å². The fraction of sp³-hybridized carbons (Fsp3) is 0.214. The quantitative estimate of drug-likeness (QED) is 0.724. The Kier molecular flexibility index (Phi) is 3.85. The molecular formula is C14H14N4OS. The lowest BCUT2D eigenvalue weighted by Crippen LogP contribution is -2.26. The minimum absolute atomic E-state index is 0.0272. The molecule has 0 aliphatic rings. The van der Waals surface area contributed by atoms with Crippen molar-refractivity contribution < 1.29 is 0 Å². The zero-order valence-corrected chi connectivity index (χ0v) is 11.6. The molecule has 3 aromatic rings. The molecular weight excluding hydrogens is 272 g/mol. The van der Waals surface area contributed by atoms with E-state index in [9.17, 15) is 4.79 Å². The lowest BCUT2D eigenvalue weighted by atomic mass is 10.3. The first-order valence-corrected chi connectivity index (χ1v) is 7.25. The van der Waals surface area contributed by atoms with Crippen molar-refractivity contribution in [1.82, 2.24) is 19.9 Å². The van der Waals surface area contributed by atoms with Gasteiger partial charge in [-0.25, -0.2) is 4.98 Å². The van der Waals surface area contributed by atoms with Crippen molar-refractivity contribution in [1.29, 1.82) is 0 Å². The van der Waals surface area contributed by atoms with Gasteiger partial charge in [-0.05, 0) is 23.1 Å². The molecule has 3 aromatic heterocycles. The lowest BCUT2D eigenvalue weighted by molar-refractivity contribution is 0.582. The fourth-order valence-electron chi connectivity index (χ4n) is 1.99. The average molecular weight is 286 g/mol. The predicted octanol–water partition coefficient (Wildman–Crippen LogP) is 1.64. The molecule has 0 unspecified atom stereocenters. The van der Waals surface area contributed by atoms with Gasteiger partial charge in [0.1, 0.15) is 4.83 Å². The van der Waals surface area contributed by atoms with Crippen LogP contribution < -0.4 is 10.9 Å². The highest BCUT2D eigenvalue weighted by atomic mass is 32.1. The molecule has 0 spiro atoms. The van der Waals surface area contributed by atoms with E-state index in [0.29, 0.717) is 18.5 Å². The maximum Gasteiger partial charge on any atom is 0.262 e. The van der Waals surface area contributed by atoms with Crippen molar-refractivity contribution in [2.75, 3.05) is 6.54 Å². The van der Waals surface area contributed by atoms with E-state index in [1.54, 1.807) is 17.1 Å². The molecule has 0 fully saturated rings. The van der Waals surface area contributed by atoms with Crippen LogP contribution in [0, 0.1) is 0 Å². The van der Waals surface area contributed by atoms with Crippen LogP contribution in [0.25, 0.3) is 10.2 Å². The van der Waals surface area contributed by atoms with Gasteiger partial charge in [0.05, 0.1) is 11.7 Å². The van der Waals surface area contributed by atoms with E-state index in [1.165, 1.54) is 11.3 Å². The highest BCUT2D eigenvalue weighted by Crippen LogP contribution is 2.12. The highest BCUT2D eigenvalue weighted by Gasteiger charge is 2.04. The summed E-state index contributed by atoms with van der Waals surface area (Å²) in [6.45, 7) is 2.07. The minimum atomic E-state index is 0.0272. The standard InChI is InChI=1S/C14H14N4OS/c19-14-12-3-7-20-13(12)17-10-18(14)6-5-16-9-11-2-1-4-15-8-11/h1-4,7-8,10,16H,5-6,9H2. The molecule has 0 amide bonds. The Bertz CT molecular complexity index is 750. The zero-order chi connectivity index (χ0) is 13.8. The van der Waals surface area contributed by atoms with Crippen LogP contribution in [-0.4, -0.2) is 21.1 Å². The summed E-state index contributed by atoms with van der Waals surface area (Å²) in [6.07, 6.45) is 5.20. The Morgan fingerprint density at radius 2 is 2.30 bits per heavy atom. The molecule has 0 saturated carbocycles. The first-order valence-electron chi connectivity index (χ1n) is 6.37. The van der Waals surface area contributed by atoms with Crippen molar-refractivity contribution in [3.63, 3.8) is 0 Å². The SMILES string of the molecule is O=c1c2ccsc2ncn1CCNCc1cccnc1. The third-order valence-corrected chi connectivity index (χ3v) is 3.85. The number of nitrogens with zero attached hydrogens (tertiary/aromatic N) is 3. The molecule has 20 heavy (non-hydrogen) atoms. The molecule has 3 rings (SSSR count). The minimum Gasteiger partial charge on any atom is -0.311 e. The monoisotopic (exact) mass is 286 g/mol. The molecule has 1 N–H and O–H groups in total. The summed E-state index contributed by atoms with van der Waals surface area (Å²) in [4.78, 5) is 21.3. The van der Waals surface area contributed by atoms with Gasteiger partial charge >= 0.3 is 0 Å². The van der Waals surface area contributed by atoms with Crippen LogP contribution in [-0.2, 0) is 13.1 Å². The van der Waals surface area contributed by atoms with E-state index in [-0.39, 0.29) is 5.56 Å². The summed E-state index contributed by atoms with van der Waals surface area (Å²) in [5.41, 5.74) is 1.16. The van der Waals surface area contributed by atoms with Crippen molar-refractivity contribution >= 4 is 21.6 Å². The normalized spacial score (nSPS) is 11.0. The van der Waals surface area contributed by atoms with Gasteiger partial charge in [0, 0.05) is 32.0 Å². The molecule has 0 saturated heterocycles. The first kappa shape index (κ1) is 13.0. The number of fused-ring (bicyclic) bond motifs is 1. The van der Waals surface area contributed by atoms with Gasteiger partial charge in [0.15, 0.2) is 0 Å². The Balaban J connectivity index is 1.60. The lowest BCUT2D eigenvalue weighted by Gasteiger charge is -2.07. The molecule has 102 valence electrons. The van der Waals surface area contributed by atoms with Crippen LogP contribution in [0.2, 0.25) is 0 Å². The topological polar surface area (TPSA) is 59.8 Å². The van der Waals surface area contributed by atoms with E-state index in [2.05, 4.69) is 15.3 Å². The Hall–Kier alpha value is -2.05. The molecule has 0 radical (unpaired) electrons. The van der Waals surface area contributed by atoms with Gasteiger partial charge in [0.25, 0.3) is 5.56 Å². The van der Waals surface area contributed by atoms with E-state index < -0.39 is 0 Å². The molecule has 0 aliphatic heterocycles. The summed E-state index contributed by atoms with van der Waals surface area (Å²) in [6, 6.07) is 5.76. The highest BCUT2D eigenvalue weighted by molar-refractivity contribution is 7.16. The summed E-state index contributed by atoms with van der Waals surface area (Å²) in [5, 5.41) is 5.89. The summed E-state index contributed by atoms with van der Waals surface area (Å²) in [7, 11) is 0. The molecule has 0 bridgehead atoms. The van der Waals surface area contributed by atoms with Crippen molar-refractivity contribution in [2.45, 2.75) is 13.1 Å². The Morgan fingerprint density at radius 3 is 3.15 bits per heavy atom. The number of pyridine rings is 1. The second-order valence-electron chi connectivity index (χ2n) is 4.42. The van der Waals surface area contributed by atoms with Crippen LogP contribution in [0.15, 0.2) is 47.1 Å². The van der Waals surface area contributed by atoms with Gasteiger partial charge in [-0.2, -0.15) is 0 Å². The van der Waals surface area contributed by atoms with Crippen molar-refractivity contribution in [3.8, 4) is 0 Å². The smallest absolute Gasteiger partial charge is 0.262 e. The average Bonchev–Trinajstić information content (AvgIpc) is 2.96. The summed E-state index contributed by atoms with van der Waals surface area (Å²) in [5.74, 6) is 0. The zero-order valence-electron chi connectivity index (χ0n) is 10.8. The van der Waals surface area contributed by atoms with Crippen LogP contribution in [0.1, 0.15) is 5.56 Å². The Labute approximate surface area is 119 Å². The van der Waals surface area contributed by atoms with E-state index in [0.717, 1.165) is 16.9 Å². The largest absolute Gasteiger partial charge is 0.311 e. The van der Waals surface area contributed by atoms with Crippen LogP contribution in [0.4, 0.5) is 0 Å². The molecule has 0 atom stereocenters. The summed E-state index contributed by atoms with van der Waals surface area (Å²) < 4.78 is 1.64. The second-order valence-corrected chi connectivity index (χ2v) is 5.32. The maximum absolute atomic E-state index is 12.1. The van der Waals surface area contributed by atoms with Crippen LogP contribution >= 0.6 is 11.3 Å². The molecule has 0 aliphatic carbocycles. The predicted molar refractivity (Wildman–Crippen MR) is 79.8 cm³/mol. The number of hydrogen-bond donors (Lipinski definition) is 1. The first-order chi connectivity index (χ1) is 9.84. The molecule has 5 nitrogen and oxygen atoms in total. The number of aromatic nitrogens is 3. The molecule has 0 aromatic carbocycles. The van der Waals surface area contributed by atoms with Crippen molar-refractivity contribution in [2.24, 2.45) is 0 Å². The Morgan fingerprint density at radius 1 is 1.35 bits per heavy atom.